The van der Waals surface area contributed by atoms with Crippen LogP contribution in [0.1, 0.15) is 25.7 Å². The SMILES string of the molecule is CC(C)[C@@H](NC(=O)Cn1cc2ccccc2n1)c1nccn1C. The molecule has 0 spiro atoms. The van der Waals surface area contributed by atoms with Crippen LogP contribution in [0.25, 0.3) is 10.9 Å². The maximum atomic E-state index is 12.4. The van der Waals surface area contributed by atoms with Gasteiger partial charge in [-0.05, 0) is 12.0 Å². The number of aromatic nitrogens is 4. The number of imidazole rings is 1. The predicted molar refractivity (Wildman–Crippen MR) is 88.7 cm³/mol. The highest BCUT2D eigenvalue weighted by molar-refractivity contribution is 5.80. The van der Waals surface area contributed by atoms with Crippen molar-refractivity contribution in [2.24, 2.45) is 13.0 Å². The summed E-state index contributed by atoms with van der Waals surface area (Å²) in [6.07, 6.45) is 5.52. The fourth-order valence-corrected chi connectivity index (χ4v) is 2.67. The zero-order chi connectivity index (χ0) is 16.4. The van der Waals surface area contributed by atoms with E-state index in [1.807, 2.05) is 48.3 Å². The molecule has 3 rings (SSSR count). The fourth-order valence-electron chi connectivity index (χ4n) is 2.67. The van der Waals surface area contributed by atoms with Gasteiger partial charge in [0.25, 0.3) is 0 Å². The minimum atomic E-state index is -0.118. The molecular formula is C17H21N5O. The Balaban J connectivity index is 1.73. The molecule has 0 fully saturated rings. The van der Waals surface area contributed by atoms with Crippen LogP contribution in [0.3, 0.4) is 0 Å². The summed E-state index contributed by atoms with van der Waals surface area (Å²) < 4.78 is 3.61. The van der Waals surface area contributed by atoms with Gasteiger partial charge in [-0.25, -0.2) is 4.98 Å². The molecule has 1 amide bonds. The molecule has 23 heavy (non-hydrogen) atoms. The fraction of sp³-hybridized carbons (Fsp3) is 0.353. The summed E-state index contributed by atoms with van der Waals surface area (Å²) in [5.41, 5.74) is 0.893. The van der Waals surface area contributed by atoms with Crippen LogP contribution in [-0.4, -0.2) is 25.2 Å². The van der Waals surface area contributed by atoms with Crippen molar-refractivity contribution in [3.8, 4) is 0 Å². The molecule has 1 aromatic carbocycles. The third-order valence-electron chi connectivity index (χ3n) is 3.89. The largest absolute Gasteiger partial charge is 0.344 e. The molecule has 0 aliphatic carbocycles. The van der Waals surface area contributed by atoms with Crippen LogP contribution in [0.4, 0.5) is 0 Å². The summed E-state index contributed by atoms with van der Waals surface area (Å²) in [6, 6.07) is 7.71. The van der Waals surface area contributed by atoms with Crippen molar-refractivity contribution in [3.05, 3.63) is 48.7 Å². The van der Waals surface area contributed by atoms with E-state index >= 15 is 0 Å². The molecule has 2 aromatic heterocycles. The maximum Gasteiger partial charge on any atom is 0.242 e. The van der Waals surface area contributed by atoms with Crippen molar-refractivity contribution in [1.82, 2.24) is 24.6 Å². The van der Waals surface area contributed by atoms with E-state index in [4.69, 9.17) is 0 Å². The summed E-state index contributed by atoms with van der Waals surface area (Å²) in [4.78, 5) is 16.8. The molecule has 1 N–H and O–H groups in total. The van der Waals surface area contributed by atoms with Crippen molar-refractivity contribution >= 4 is 16.8 Å². The van der Waals surface area contributed by atoms with Gasteiger partial charge in [-0.2, -0.15) is 5.10 Å². The van der Waals surface area contributed by atoms with Crippen LogP contribution in [0.15, 0.2) is 42.9 Å². The average Bonchev–Trinajstić information content (AvgIpc) is 3.09. The standard InChI is InChI=1S/C17H21N5O/c1-12(2)16(17-18-8-9-21(17)3)19-15(23)11-22-10-13-6-4-5-7-14(13)20-22/h4-10,12,16H,11H2,1-3H3,(H,19,23)/t16-/m1/s1. The normalized spacial score (nSPS) is 12.7. The highest BCUT2D eigenvalue weighted by atomic mass is 16.2. The number of hydrogen-bond donors (Lipinski definition) is 1. The summed E-state index contributed by atoms with van der Waals surface area (Å²) in [7, 11) is 1.93. The number of fused-ring (bicyclic) bond motifs is 1. The molecular weight excluding hydrogens is 290 g/mol. The monoisotopic (exact) mass is 311 g/mol. The smallest absolute Gasteiger partial charge is 0.242 e. The average molecular weight is 311 g/mol. The van der Waals surface area contributed by atoms with Crippen LogP contribution in [0.5, 0.6) is 0 Å². The molecule has 0 unspecified atom stereocenters. The lowest BCUT2D eigenvalue weighted by atomic mass is 10.0. The van der Waals surface area contributed by atoms with Gasteiger partial charge in [0.1, 0.15) is 12.4 Å². The maximum absolute atomic E-state index is 12.4. The first kappa shape index (κ1) is 15.3. The molecule has 0 radical (unpaired) electrons. The van der Waals surface area contributed by atoms with E-state index in [0.717, 1.165) is 16.7 Å². The summed E-state index contributed by atoms with van der Waals surface area (Å²) in [5, 5.41) is 8.52. The summed E-state index contributed by atoms with van der Waals surface area (Å²) in [6.45, 7) is 4.34. The highest BCUT2D eigenvalue weighted by Crippen LogP contribution is 2.19. The zero-order valence-corrected chi connectivity index (χ0v) is 13.6. The van der Waals surface area contributed by atoms with E-state index in [1.54, 1.807) is 10.9 Å². The lowest BCUT2D eigenvalue weighted by Gasteiger charge is -2.22. The number of hydrogen-bond acceptors (Lipinski definition) is 3. The number of benzene rings is 1. The van der Waals surface area contributed by atoms with Gasteiger partial charge < -0.3 is 9.88 Å². The predicted octanol–water partition coefficient (Wildman–Crippen LogP) is 2.28. The Bertz CT molecular complexity index is 784. The molecule has 2 heterocycles. The Morgan fingerprint density at radius 2 is 2.09 bits per heavy atom. The Hall–Kier alpha value is -2.63. The number of nitrogens with zero attached hydrogens (tertiary/aromatic N) is 4. The molecule has 0 aliphatic heterocycles. The van der Waals surface area contributed by atoms with Crippen LogP contribution in [0, 0.1) is 5.92 Å². The molecule has 6 heteroatoms. The van der Waals surface area contributed by atoms with E-state index in [-0.39, 0.29) is 24.4 Å². The Morgan fingerprint density at radius 1 is 1.30 bits per heavy atom. The van der Waals surface area contributed by atoms with Gasteiger partial charge >= 0.3 is 0 Å². The van der Waals surface area contributed by atoms with Crippen molar-refractivity contribution in [3.63, 3.8) is 0 Å². The molecule has 3 aromatic rings. The lowest BCUT2D eigenvalue weighted by Crippen LogP contribution is -2.35. The zero-order valence-electron chi connectivity index (χ0n) is 13.6. The van der Waals surface area contributed by atoms with Gasteiger partial charge in [-0.3, -0.25) is 9.48 Å². The molecule has 120 valence electrons. The van der Waals surface area contributed by atoms with Gasteiger partial charge in [-0.15, -0.1) is 0 Å². The van der Waals surface area contributed by atoms with E-state index in [1.165, 1.54) is 0 Å². The molecule has 0 saturated heterocycles. The van der Waals surface area contributed by atoms with Gasteiger partial charge in [0, 0.05) is 31.0 Å². The number of amides is 1. The number of nitrogens with one attached hydrogen (secondary N) is 1. The molecule has 6 nitrogen and oxygen atoms in total. The van der Waals surface area contributed by atoms with E-state index in [9.17, 15) is 4.79 Å². The van der Waals surface area contributed by atoms with Crippen LogP contribution < -0.4 is 5.32 Å². The molecule has 0 bridgehead atoms. The minimum Gasteiger partial charge on any atom is -0.344 e. The first-order chi connectivity index (χ1) is 11.0. The van der Waals surface area contributed by atoms with Crippen molar-refractivity contribution in [1.29, 1.82) is 0 Å². The van der Waals surface area contributed by atoms with Gasteiger partial charge in [0.05, 0.1) is 11.6 Å². The molecule has 0 saturated carbocycles. The first-order valence-electron chi connectivity index (χ1n) is 7.73. The Morgan fingerprint density at radius 3 is 2.74 bits per heavy atom. The minimum absolute atomic E-state index is 0.0699. The number of carbonyl (C=O) groups is 1. The second-order valence-electron chi connectivity index (χ2n) is 6.07. The molecule has 0 aliphatic rings. The quantitative estimate of drug-likeness (QED) is 0.786. The summed E-state index contributed by atoms with van der Waals surface area (Å²) in [5.74, 6) is 1.04. The topological polar surface area (TPSA) is 64.7 Å². The van der Waals surface area contributed by atoms with Gasteiger partial charge in [-0.1, -0.05) is 32.0 Å². The first-order valence-corrected chi connectivity index (χ1v) is 7.73. The molecule has 1 atom stereocenters. The third kappa shape index (κ3) is 3.26. The van der Waals surface area contributed by atoms with Gasteiger partial charge in [0.15, 0.2) is 0 Å². The Labute approximate surface area is 135 Å². The van der Waals surface area contributed by atoms with E-state index < -0.39 is 0 Å². The number of rotatable bonds is 5. The third-order valence-corrected chi connectivity index (χ3v) is 3.89. The second kappa shape index (κ2) is 6.24. The second-order valence-corrected chi connectivity index (χ2v) is 6.07. The Kier molecular flexibility index (Phi) is 4.14. The van der Waals surface area contributed by atoms with Crippen LogP contribution >= 0.6 is 0 Å². The number of aryl methyl sites for hydroxylation is 1. The summed E-state index contributed by atoms with van der Waals surface area (Å²) >= 11 is 0. The van der Waals surface area contributed by atoms with Crippen LogP contribution in [-0.2, 0) is 18.4 Å². The van der Waals surface area contributed by atoms with Crippen LogP contribution in [0.2, 0.25) is 0 Å². The van der Waals surface area contributed by atoms with E-state index in [2.05, 4.69) is 29.2 Å². The lowest BCUT2D eigenvalue weighted by molar-refractivity contribution is -0.123. The van der Waals surface area contributed by atoms with E-state index in [0.29, 0.717) is 0 Å². The van der Waals surface area contributed by atoms with Crippen molar-refractivity contribution < 1.29 is 4.79 Å². The van der Waals surface area contributed by atoms with Gasteiger partial charge in [0.2, 0.25) is 5.91 Å². The van der Waals surface area contributed by atoms with Crippen molar-refractivity contribution in [2.75, 3.05) is 0 Å². The highest BCUT2D eigenvalue weighted by Gasteiger charge is 2.22. The van der Waals surface area contributed by atoms with Crippen molar-refractivity contribution in [2.45, 2.75) is 26.4 Å². The number of carbonyl (C=O) groups excluding carboxylic acids is 1.